The Morgan fingerprint density at radius 3 is 2.50 bits per heavy atom. The number of aryl methyl sites for hydroxylation is 1. The fourth-order valence-electron chi connectivity index (χ4n) is 6.11. The zero-order chi connectivity index (χ0) is 28.4. The number of hydrogen-bond acceptors (Lipinski definition) is 5. The van der Waals surface area contributed by atoms with Crippen LogP contribution < -0.4 is 14.8 Å². The molecule has 0 radical (unpaired) electrons. The molecule has 210 valence electrons. The summed E-state index contributed by atoms with van der Waals surface area (Å²) in [5.41, 5.74) is 5.84. The van der Waals surface area contributed by atoms with Gasteiger partial charge >= 0.3 is 0 Å². The predicted octanol–water partition coefficient (Wildman–Crippen LogP) is 6.44. The molecule has 2 aromatic carbocycles. The first-order valence-electron chi connectivity index (χ1n) is 14.2. The van der Waals surface area contributed by atoms with Gasteiger partial charge in [-0.1, -0.05) is 32.0 Å². The number of carbonyl (C=O) groups excluding carboxylic acids is 2. The monoisotopic (exact) mass is 541 g/mol. The van der Waals surface area contributed by atoms with Gasteiger partial charge < -0.3 is 24.7 Å². The molecule has 7 nitrogen and oxygen atoms in total. The van der Waals surface area contributed by atoms with Crippen molar-refractivity contribution in [2.75, 3.05) is 39.2 Å². The van der Waals surface area contributed by atoms with Crippen LogP contribution in [-0.4, -0.2) is 55.4 Å². The molecule has 1 aromatic heterocycles. The minimum atomic E-state index is -0.190. The van der Waals surface area contributed by atoms with E-state index in [2.05, 4.69) is 29.0 Å². The fraction of sp³-hybridized carbons (Fsp3) is 0.394. The van der Waals surface area contributed by atoms with Gasteiger partial charge in [0, 0.05) is 45.2 Å². The number of ether oxygens (including phenoxy) is 2. The number of aromatic amines is 1. The number of para-hydroxylation sites is 1. The van der Waals surface area contributed by atoms with Crippen molar-refractivity contribution in [1.82, 2.24) is 9.88 Å². The highest BCUT2D eigenvalue weighted by atomic mass is 16.5. The summed E-state index contributed by atoms with van der Waals surface area (Å²) in [6, 6.07) is 13.3. The normalized spacial score (nSPS) is 18.9. The molecular weight excluding hydrogens is 502 g/mol. The van der Waals surface area contributed by atoms with E-state index in [1.165, 1.54) is 0 Å². The molecule has 0 bridgehead atoms. The molecule has 5 rings (SSSR count). The third-order valence-corrected chi connectivity index (χ3v) is 8.60. The van der Waals surface area contributed by atoms with Gasteiger partial charge in [-0.3, -0.25) is 9.59 Å². The molecular formula is C33H39N3O4. The SMILES string of the molecule is CCN(CC)CCC1CCC1C(=O)c1c(C)[nH]c(/C=C2\C(=O)Nc3ccc(OC)cc32)c1-c1ccccc1OC. The Labute approximate surface area is 236 Å². The lowest BCUT2D eigenvalue weighted by atomic mass is 9.68. The van der Waals surface area contributed by atoms with Crippen LogP contribution in [-0.2, 0) is 4.79 Å². The predicted molar refractivity (Wildman–Crippen MR) is 160 cm³/mol. The quantitative estimate of drug-likeness (QED) is 0.216. The Morgan fingerprint density at radius 1 is 1.05 bits per heavy atom. The van der Waals surface area contributed by atoms with Crippen molar-refractivity contribution in [3.63, 3.8) is 0 Å². The molecule has 2 N–H and O–H groups in total. The zero-order valence-corrected chi connectivity index (χ0v) is 24.1. The van der Waals surface area contributed by atoms with Gasteiger partial charge in [-0.05, 0) is 82.1 Å². The summed E-state index contributed by atoms with van der Waals surface area (Å²) in [6.45, 7) is 9.38. The second-order valence-electron chi connectivity index (χ2n) is 10.7. The average molecular weight is 542 g/mol. The molecule has 0 saturated heterocycles. The molecule has 2 unspecified atom stereocenters. The van der Waals surface area contributed by atoms with E-state index in [0.717, 1.165) is 67.0 Å². The fourth-order valence-corrected chi connectivity index (χ4v) is 6.11. The summed E-state index contributed by atoms with van der Waals surface area (Å²) >= 11 is 0. The molecule has 1 fully saturated rings. The molecule has 1 saturated carbocycles. The highest BCUT2D eigenvalue weighted by Gasteiger charge is 2.39. The molecule has 0 spiro atoms. The Bertz CT molecular complexity index is 1450. The van der Waals surface area contributed by atoms with E-state index < -0.39 is 0 Å². The van der Waals surface area contributed by atoms with Crippen LogP contribution in [0.25, 0.3) is 22.8 Å². The van der Waals surface area contributed by atoms with Crippen molar-refractivity contribution in [3.8, 4) is 22.6 Å². The molecule has 7 heteroatoms. The minimum absolute atomic E-state index is 0.00112. The summed E-state index contributed by atoms with van der Waals surface area (Å²) in [6.07, 6.45) is 4.87. The largest absolute Gasteiger partial charge is 0.497 e. The van der Waals surface area contributed by atoms with Crippen LogP contribution in [0.15, 0.2) is 42.5 Å². The van der Waals surface area contributed by atoms with E-state index in [9.17, 15) is 9.59 Å². The maximum absolute atomic E-state index is 14.2. The highest BCUT2D eigenvalue weighted by molar-refractivity contribution is 6.35. The number of ketones is 1. The number of fused-ring (bicyclic) bond motifs is 1. The van der Waals surface area contributed by atoms with Gasteiger partial charge in [-0.2, -0.15) is 0 Å². The summed E-state index contributed by atoms with van der Waals surface area (Å²) in [5.74, 6) is 1.72. The summed E-state index contributed by atoms with van der Waals surface area (Å²) in [7, 11) is 3.25. The van der Waals surface area contributed by atoms with Gasteiger partial charge in [-0.25, -0.2) is 0 Å². The van der Waals surface area contributed by atoms with Gasteiger partial charge in [0.1, 0.15) is 11.5 Å². The van der Waals surface area contributed by atoms with Crippen LogP contribution in [0.2, 0.25) is 0 Å². The lowest BCUT2D eigenvalue weighted by Crippen LogP contribution is -2.36. The number of rotatable bonds is 11. The molecule has 1 amide bonds. The molecule has 2 heterocycles. The third-order valence-electron chi connectivity index (χ3n) is 8.60. The number of aromatic nitrogens is 1. The van der Waals surface area contributed by atoms with Gasteiger partial charge in [0.25, 0.3) is 5.91 Å². The second kappa shape index (κ2) is 11.7. The Balaban J connectivity index is 1.59. The van der Waals surface area contributed by atoms with Crippen molar-refractivity contribution in [2.24, 2.45) is 11.8 Å². The van der Waals surface area contributed by atoms with Gasteiger partial charge in [0.2, 0.25) is 0 Å². The van der Waals surface area contributed by atoms with Crippen LogP contribution in [0.5, 0.6) is 11.5 Å². The molecule has 2 aliphatic rings. The van der Waals surface area contributed by atoms with E-state index in [-0.39, 0.29) is 17.6 Å². The first kappa shape index (κ1) is 27.7. The van der Waals surface area contributed by atoms with E-state index in [4.69, 9.17) is 9.47 Å². The van der Waals surface area contributed by atoms with Crippen LogP contribution in [0, 0.1) is 18.8 Å². The third kappa shape index (κ3) is 5.06. The summed E-state index contributed by atoms with van der Waals surface area (Å²) in [4.78, 5) is 33.2. The van der Waals surface area contributed by atoms with Gasteiger partial charge in [-0.15, -0.1) is 0 Å². The van der Waals surface area contributed by atoms with Crippen molar-refractivity contribution in [1.29, 1.82) is 0 Å². The van der Waals surface area contributed by atoms with Crippen LogP contribution >= 0.6 is 0 Å². The Hall–Kier alpha value is -3.84. The van der Waals surface area contributed by atoms with Crippen molar-refractivity contribution >= 4 is 29.0 Å². The Kier molecular flexibility index (Phi) is 8.12. The van der Waals surface area contributed by atoms with Crippen molar-refractivity contribution < 1.29 is 19.1 Å². The van der Waals surface area contributed by atoms with E-state index >= 15 is 0 Å². The summed E-state index contributed by atoms with van der Waals surface area (Å²) < 4.78 is 11.2. The number of nitrogens with one attached hydrogen (secondary N) is 2. The minimum Gasteiger partial charge on any atom is -0.497 e. The van der Waals surface area contributed by atoms with Gasteiger partial charge in [0.15, 0.2) is 5.78 Å². The zero-order valence-electron chi connectivity index (χ0n) is 24.1. The van der Waals surface area contributed by atoms with E-state index in [1.54, 1.807) is 14.2 Å². The molecule has 1 aliphatic heterocycles. The van der Waals surface area contributed by atoms with Gasteiger partial charge in [0.05, 0.1) is 19.8 Å². The number of anilines is 1. The number of amides is 1. The van der Waals surface area contributed by atoms with Crippen LogP contribution in [0.3, 0.4) is 0 Å². The van der Waals surface area contributed by atoms with Crippen LogP contribution in [0.1, 0.15) is 60.4 Å². The topological polar surface area (TPSA) is 83.7 Å². The lowest BCUT2D eigenvalue weighted by molar-refractivity contribution is -0.110. The number of nitrogens with zero attached hydrogens (tertiary/aromatic N) is 1. The Morgan fingerprint density at radius 2 is 1.82 bits per heavy atom. The first-order valence-corrected chi connectivity index (χ1v) is 14.2. The standard InChI is InChI=1S/C33H39N3O4/c1-6-36(7-2)17-16-21-12-14-23(21)32(37)30-20(3)34-28(31(30)24-10-8-9-11-29(24)40-5)19-26-25-18-22(39-4)13-15-27(25)35-33(26)38/h8-11,13,15,18-19,21,23,34H,6-7,12,14,16-17H2,1-5H3,(H,35,38)/b26-19-. The number of Topliss-reactive ketones (excluding diaryl/α,β-unsaturated/α-hetero) is 1. The molecule has 3 aromatic rings. The maximum atomic E-state index is 14.2. The molecule has 2 atom stereocenters. The van der Waals surface area contributed by atoms with Crippen molar-refractivity contribution in [2.45, 2.75) is 40.0 Å². The van der Waals surface area contributed by atoms with Crippen molar-refractivity contribution in [3.05, 3.63) is 65.0 Å². The summed E-state index contributed by atoms with van der Waals surface area (Å²) in [5, 5.41) is 2.95. The number of hydrogen-bond donors (Lipinski definition) is 2. The number of carbonyl (C=O) groups is 2. The van der Waals surface area contributed by atoms with E-state index in [0.29, 0.717) is 34.2 Å². The lowest BCUT2D eigenvalue weighted by Gasteiger charge is -2.37. The average Bonchev–Trinajstić information content (AvgIpc) is 3.44. The first-order chi connectivity index (χ1) is 19.4. The smallest absolute Gasteiger partial charge is 0.256 e. The van der Waals surface area contributed by atoms with Crippen LogP contribution in [0.4, 0.5) is 5.69 Å². The number of methoxy groups -OCH3 is 2. The number of H-pyrrole nitrogens is 1. The number of benzene rings is 2. The second-order valence-corrected chi connectivity index (χ2v) is 10.7. The maximum Gasteiger partial charge on any atom is 0.256 e. The highest BCUT2D eigenvalue weighted by Crippen LogP contribution is 2.45. The van der Waals surface area contributed by atoms with E-state index in [1.807, 2.05) is 55.5 Å². The molecule has 40 heavy (non-hydrogen) atoms. The molecule has 1 aliphatic carbocycles.